The molecule has 0 radical (unpaired) electrons. The summed E-state index contributed by atoms with van der Waals surface area (Å²) in [5, 5.41) is 8.62. The smallest absolute Gasteiger partial charge is 0.337 e. The van der Waals surface area contributed by atoms with E-state index in [4.69, 9.17) is 16.7 Å². The van der Waals surface area contributed by atoms with Gasteiger partial charge in [0.15, 0.2) is 0 Å². The van der Waals surface area contributed by atoms with Crippen LogP contribution in [0.1, 0.15) is 30.6 Å². The molecular weight excluding hydrogens is 278 g/mol. The zero-order valence-electron chi connectivity index (χ0n) is 9.97. The van der Waals surface area contributed by atoms with Crippen LogP contribution < -0.4 is 4.72 Å². The number of anilines is 1. The lowest BCUT2D eigenvalue weighted by atomic mass is 10.2. The van der Waals surface area contributed by atoms with Crippen molar-refractivity contribution in [1.29, 1.82) is 0 Å². The maximum absolute atomic E-state index is 11.9. The van der Waals surface area contributed by atoms with Crippen LogP contribution in [0, 0.1) is 0 Å². The van der Waals surface area contributed by atoms with E-state index in [2.05, 4.69) is 4.72 Å². The molecule has 2 N–H and O–H groups in total. The summed E-state index contributed by atoms with van der Waals surface area (Å²) in [5.41, 5.74) is -0.151. The molecule has 1 aromatic rings. The number of hydrogen-bond donors (Lipinski definition) is 2. The molecule has 0 bridgehead atoms. The molecule has 0 saturated carbocycles. The molecule has 0 aromatic heterocycles. The number of sulfonamides is 1. The number of rotatable bonds is 5. The molecule has 1 rings (SSSR count). The van der Waals surface area contributed by atoms with Gasteiger partial charge in [0.05, 0.1) is 16.5 Å². The van der Waals surface area contributed by atoms with Crippen molar-refractivity contribution >= 4 is 33.3 Å². The van der Waals surface area contributed by atoms with Gasteiger partial charge >= 0.3 is 5.97 Å². The van der Waals surface area contributed by atoms with E-state index >= 15 is 0 Å². The van der Waals surface area contributed by atoms with Gasteiger partial charge in [0.1, 0.15) is 0 Å². The van der Waals surface area contributed by atoms with Crippen LogP contribution in [0.15, 0.2) is 18.2 Å². The maximum Gasteiger partial charge on any atom is 0.337 e. The molecule has 7 heteroatoms. The van der Waals surface area contributed by atoms with Crippen molar-refractivity contribution in [3.63, 3.8) is 0 Å². The molecule has 100 valence electrons. The van der Waals surface area contributed by atoms with E-state index in [0.29, 0.717) is 6.42 Å². The Morgan fingerprint density at radius 2 is 2.11 bits per heavy atom. The third-order valence-electron chi connectivity index (χ3n) is 2.57. The summed E-state index contributed by atoms with van der Waals surface area (Å²) in [6, 6.07) is 3.94. The number of carbonyl (C=O) groups is 1. The van der Waals surface area contributed by atoms with Crippen molar-refractivity contribution in [2.24, 2.45) is 0 Å². The van der Waals surface area contributed by atoms with Gasteiger partial charge in [0.2, 0.25) is 10.0 Å². The minimum absolute atomic E-state index is 0.0182. The SMILES string of the molecule is CCC(C)S(=O)(=O)Nc1cc(Cl)ccc1C(=O)O. The molecule has 0 aliphatic carbocycles. The zero-order valence-corrected chi connectivity index (χ0v) is 11.5. The molecule has 1 unspecified atom stereocenters. The third kappa shape index (κ3) is 3.36. The van der Waals surface area contributed by atoms with Crippen LogP contribution in [-0.4, -0.2) is 24.7 Å². The average molecular weight is 292 g/mol. The van der Waals surface area contributed by atoms with E-state index in [9.17, 15) is 13.2 Å². The first-order chi connectivity index (χ1) is 8.27. The first-order valence-corrected chi connectivity index (χ1v) is 7.24. The van der Waals surface area contributed by atoms with Crippen LogP contribution in [0.5, 0.6) is 0 Å². The van der Waals surface area contributed by atoms with E-state index in [1.165, 1.54) is 18.2 Å². The van der Waals surface area contributed by atoms with Crippen LogP contribution in [0.3, 0.4) is 0 Å². The standard InChI is InChI=1S/C11H14ClNO4S/c1-3-7(2)18(16,17)13-10-6-8(12)4-5-9(10)11(14)15/h4-7,13H,3H2,1-2H3,(H,14,15). The molecule has 1 aromatic carbocycles. The molecule has 5 nitrogen and oxygen atoms in total. The normalized spacial score (nSPS) is 13.1. The van der Waals surface area contributed by atoms with E-state index in [-0.39, 0.29) is 16.3 Å². The predicted octanol–water partition coefficient (Wildman–Crippen LogP) is 2.58. The number of aromatic carboxylic acids is 1. The molecule has 18 heavy (non-hydrogen) atoms. The summed E-state index contributed by atoms with van der Waals surface area (Å²) in [6.45, 7) is 3.29. The van der Waals surface area contributed by atoms with E-state index in [1.54, 1.807) is 13.8 Å². The minimum atomic E-state index is -3.61. The Bertz CT molecular complexity index is 556. The summed E-state index contributed by atoms with van der Waals surface area (Å²) < 4.78 is 26.0. The summed E-state index contributed by atoms with van der Waals surface area (Å²) in [4.78, 5) is 11.0. The Labute approximate surface area is 111 Å². The number of hydrogen-bond acceptors (Lipinski definition) is 3. The summed E-state index contributed by atoms with van der Waals surface area (Å²) in [6.07, 6.45) is 0.429. The number of carboxylic acids is 1. The predicted molar refractivity (Wildman–Crippen MR) is 70.7 cm³/mol. The quantitative estimate of drug-likeness (QED) is 0.873. The zero-order chi connectivity index (χ0) is 13.9. The average Bonchev–Trinajstić information content (AvgIpc) is 2.26. The first kappa shape index (κ1) is 14.8. The van der Waals surface area contributed by atoms with Crippen LogP contribution >= 0.6 is 11.6 Å². The highest BCUT2D eigenvalue weighted by molar-refractivity contribution is 7.93. The summed E-state index contributed by atoms with van der Waals surface area (Å²) in [5.74, 6) is -1.21. The maximum atomic E-state index is 11.9. The van der Waals surface area contributed by atoms with Crippen molar-refractivity contribution in [3.8, 4) is 0 Å². The van der Waals surface area contributed by atoms with Crippen molar-refractivity contribution in [2.45, 2.75) is 25.5 Å². The Balaban J connectivity index is 3.18. The lowest BCUT2D eigenvalue weighted by Crippen LogP contribution is -2.25. The van der Waals surface area contributed by atoms with Gasteiger partial charge in [-0.15, -0.1) is 0 Å². The van der Waals surface area contributed by atoms with Gasteiger partial charge in [-0.25, -0.2) is 13.2 Å². The molecule has 0 heterocycles. The lowest BCUT2D eigenvalue weighted by Gasteiger charge is -2.14. The lowest BCUT2D eigenvalue weighted by molar-refractivity contribution is 0.0698. The van der Waals surface area contributed by atoms with Gasteiger partial charge in [-0.05, 0) is 31.5 Å². The second-order valence-corrected chi connectivity index (χ2v) is 6.40. The van der Waals surface area contributed by atoms with Crippen molar-refractivity contribution in [2.75, 3.05) is 4.72 Å². The highest BCUT2D eigenvalue weighted by Crippen LogP contribution is 2.23. The third-order valence-corrected chi connectivity index (χ3v) is 4.70. The molecular formula is C11H14ClNO4S. The largest absolute Gasteiger partial charge is 0.478 e. The topological polar surface area (TPSA) is 83.5 Å². The molecule has 0 saturated heterocycles. The minimum Gasteiger partial charge on any atom is -0.478 e. The highest BCUT2D eigenvalue weighted by Gasteiger charge is 2.21. The highest BCUT2D eigenvalue weighted by atomic mass is 35.5. The fourth-order valence-corrected chi connectivity index (χ4v) is 2.55. The fourth-order valence-electron chi connectivity index (χ4n) is 1.26. The van der Waals surface area contributed by atoms with Gasteiger partial charge in [-0.3, -0.25) is 4.72 Å². The second-order valence-electron chi connectivity index (χ2n) is 3.86. The number of benzene rings is 1. The van der Waals surface area contributed by atoms with E-state index in [0.717, 1.165) is 0 Å². The van der Waals surface area contributed by atoms with Gasteiger partial charge < -0.3 is 5.11 Å². The summed E-state index contributed by atoms with van der Waals surface area (Å²) in [7, 11) is -3.61. The number of carboxylic acid groups (broad SMARTS) is 1. The Hall–Kier alpha value is -1.27. The second kappa shape index (κ2) is 5.58. The molecule has 0 aliphatic heterocycles. The van der Waals surface area contributed by atoms with Gasteiger partial charge in [0.25, 0.3) is 0 Å². The summed E-state index contributed by atoms with van der Waals surface area (Å²) >= 11 is 5.74. The van der Waals surface area contributed by atoms with E-state index < -0.39 is 21.2 Å². The van der Waals surface area contributed by atoms with Crippen molar-refractivity contribution in [1.82, 2.24) is 0 Å². The van der Waals surface area contributed by atoms with Crippen LogP contribution in [0.25, 0.3) is 0 Å². The Morgan fingerprint density at radius 1 is 1.50 bits per heavy atom. The van der Waals surface area contributed by atoms with Crippen molar-refractivity contribution in [3.05, 3.63) is 28.8 Å². The van der Waals surface area contributed by atoms with Crippen LogP contribution in [-0.2, 0) is 10.0 Å². The van der Waals surface area contributed by atoms with Crippen LogP contribution in [0.2, 0.25) is 5.02 Å². The molecule has 1 atom stereocenters. The monoisotopic (exact) mass is 291 g/mol. The van der Waals surface area contributed by atoms with Crippen molar-refractivity contribution < 1.29 is 18.3 Å². The fraction of sp³-hybridized carbons (Fsp3) is 0.364. The van der Waals surface area contributed by atoms with Crippen LogP contribution in [0.4, 0.5) is 5.69 Å². The molecule has 0 spiro atoms. The molecule has 0 amide bonds. The first-order valence-electron chi connectivity index (χ1n) is 5.32. The van der Waals surface area contributed by atoms with Gasteiger partial charge in [0, 0.05) is 5.02 Å². The van der Waals surface area contributed by atoms with E-state index in [1.807, 2.05) is 0 Å². The Kier molecular flexibility index (Phi) is 4.59. The number of nitrogens with one attached hydrogen (secondary N) is 1. The van der Waals surface area contributed by atoms with Gasteiger partial charge in [-0.1, -0.05) is 18.5 Å². The molecule has 0 fully saturated rings. The van der Waals surface area contributed by atoms with Gasteiger partial charge in [-0.2, -0.15) is 0 Å². The Morgan fingerprint density at radius 3 is 2.61 bits per heavy atom. The number of halogens is 1. The molecule has 0 aliphatic rings.